The molecule has 0 saturated heterocycles. The third-order valence-electron chi connectivity index (χ3n) is 7.17. The number of hydrogen-bond donors (Lipinski definition) is 0. The number of allylic oxidation sites excluding steroid dienone is 1. The van der Waals surface area contributed by atoms with Crippen LogP contribution in [0.5, 0.6) is 0 Å². The molecule has 0 heterocycles. The van der Waals surface area contributed by atoms with Crippen molar-refractivity contribution in [2.24, 2.45) is 5.92 Å². The highest BCUT2D eigenvalue weighted by Crippen LogP contribution is 2.59. The molecule has 1 saturated carbocycles. The first-order chi connectivity index (χ1) is 16.3. The SMILES string of the molecule is C(#Cc1ccc2ccccc2c1)c1ccc2c(c1)C1CC1C(c1ccc3ccccc3c1)=C2. The standard InChI is InChI=1S/C33H22/c1-3-7-26-17-22(11-13-24(26)5-1)9-10-23-12-14-29-20-31(33-21-32(33)30(29)18-23)28-16-15-25-6-2-4-8-27(25)19-28/h1-8,11-20,32-33H,21H2. The van der Waals surface area contributed by atoms with Gasteiger partial charge in [-0.1, -0.05) is 90.7 Å². The summed E-state index contributed by atoms with van der Waals surface area (Å²) in [5, 5.41) is 5.12. The lowest BCUT2D eigenvalue weighted by atomic mass is 9.87. The van der Waals surface area contributed by atoms with Crippen molar-refractivity contribution in [1.82, 2.24) is 0 Å². The summed E-state index contributed by atoms with van der Waals surface area (Å²) in [4.78, 5) is 0. The van der Waals surface area contributed by atoms with E-state index in [1.54, 1.807) is 0 Å². The predicted octanol–water partition coefficient (Wildman–Crippen LogP) is 8.05. The normalized spacial score (nSPS) is 18.1. The zero-order chi connectivity index (χ0) is 21.8. The fraction of sp³-hybridized carbons (Fsp3) is 0.0909. The van der Waals surface area contributed by atoms with E-state index in [0.717, 1.165) is 11.1 Å². The summed E-state index contributed by atoms with van der Waals surface area (Å²) in [5.74, 6) is 8.06. The summed E-state index contributed by atoms with van der Waals surface area (Å²) in [5.41, 5.74) is 7.85. The van der Waals surface area contributed by atoms with Gasteiger partial charge < -0.3 is 0 Å². The number of rotatable bonds is 1. The Morgan fingerprint density at radius 2 is 1.18 bits per heavy atom. The Labute approximate surface area is 194 Å². The average Bonchev–Trinajstić information content (AvgIpc) is 3.68. The second-order valence-electron chi connectivity index (χ2n) is 9.27. The molecule has 2 unspecified atom stereocenters. The molecular weight excluding hydrogens is 396 g/mol. The highest BCUT2D eigenvalue weighted by molar-refractivity contribution is 5.93. The Kier molecular flexibility index (Phi) is 4.05. The van der Waals surface area contributed by atoms with Crippen LogP contribution in [0.3, 0.4) is 0 Å². The molecule has 0 nitrogen and oxygen atoms in total. The van der Waals surface area contributed by atoms with Crippen LogP contribution in [0.2, 0.25) is 0 Å². The van der Waals surface area contributed by atoms with Crippen molar-refractivity contribution < 1.29 is 0 Å². The van der Waals surface area contributed by atoms with Crippen molar-refractivity contribution in [3.8, 4) is 11.8 Å². The van der Waals surface area contributed by atoms with Gasteiger partial charge in [0.15, 0.2) is 0 Å². The maximum absolute atomic E-state index is 3.41. The second-order valence-corrected chi connectivity index (χ2v) is 9.27. The third-order valence-corrected chi connectivity index (χ3v) is 7.17. The van der Waals surface area contributed by atoms with E-state index < -0.39 is 0 Å². The van der Waals surface area contributed by atoms with Gasteiger partial charge in [0.2, 0.25) is 0 Å². The molecule has 0 heteroatoms. The molecule has 0 amide bonds. The molecule has 0 radical (unpaired) electrons. The van der Waals surface area contributed by atoms with E-state index in [9.17, 15) is 0 Å². The average molecular weight is 419 g/mol. The van der Waals surface area contributed by atoms with Gasteiger partial charge in [0.05, 0.1) is 0 Å². The van der Waals surface area contributed by atoms with Crippen molar-refractivity contribution in [2.75, 3.05) is 0 Å². The molecule has 2 atom stereocenters. The molecule has 0 aromatic heterocycles. The van der Waals surface area contributed by atoms with E-state index in [1.807, 2.05) is 0 Å². The first kappa shape index (κ1) is 18.5. The van der Waals surface area contributed by atoms with E-state index in [1.165, 1.54) is 50.2 Å². The van der Waals surface area contributed by atoms with E-state index in [0.29, 0.717) is 11.8 Å². The third kappa shape index (κ3) is 3.25. The summed E-state index contributed by atoms with van der Waals surface area (Å²) in [6.07, 6.45) is 3.65. The molecule has 2 aliphatic rings. The van der Waals surface area contributed by atoms with E-state index >= 15 is 0 Å². The Bertz CT molecular complexity index is 1650. The number of benzene rings is 5. The van der Waals surface area contributed by atoms with Crippen molar-refractivity contribution in [2.45, 2.75) is 12.3 Å². The number of fused-ring (bicyclic) bond motifs is 5. The molecule has 154 valence electrons. The minimum Gasteiger partial charge on any atom is -0.0616 e. The van der Waals surface area contributed by atoms with Crippen LogP contribution in [-0.4, -0.2) is 0 Å². The predicted molar refractivity (Wildman–Crippen MR) is 139 cm³/mol. The fourth-order valence-corrected chi connectivity index (χ4v) is 5.34. The van der Waals surface area contributed by atoms with Crippen LogP contribution in [0.1, 0.15) is 40.2 Å². The molecular formula is C33H22. The highest BCUT2D eigenvalue weighted by atomic mass is 14.5. The van der Waals surface area contributed by atoms with Crippen molar-refractivity contribution >= 4 is 33.2 Å². The topological polar surface area (TPSA) is 0 Å². The van der Waals surface area contributed by atoms with Gasteiger partial charge in [0, 0.05) is 11.1 Å². The lowest BCUT2D eigenvalue weighted by Gasteiger charge is -2.17. The van der Waals surface area contributed by atoms with E-state index in [4.69, 9.17) is 0 Å². The summed E-state index contributed by atoms with van der Waals surface area (Å²) in [6, 6.07) is 37.2. The maximum Gasteiger partial charge on any atom is 0.0255 e. The minimum atomic E-state index is 0.633. The van der Waals surface area contributed by atoms with Crippen LogP contribution < -0.4 is 0 Å². The maximum atomic E-state index is 3.41. The minimum absolute atomic E-state index is 0.633. The fourth-order valence-electron chi connectivity index (χ4n) is 5.34. The van der Waals surface area contributed by atoms with Gasteiger partial charge in [-0.3, -0.25) is 0 Å². The molecule has 0 spiro atoms. The van der Waals surface area contributed by atoms with Crippen LogP contribution in [0, 0.1) is 17.8 Å². The van der Waals surface area contributed by atoms with E-state index in [2.05, 4.69) is 121 Å². The van der Waals surface area contributed by atoms with Crippen molar-refractivity contribution in [3.63, 3.8) is 0 Å². The zero-order valence-electron chi connectivity index (χ0n) is 18.3. The molecule has 2 aliphatic carbocycles. The summed E-state index contributed by atoms with van der Waals surface area (Å²) in [7, 11) is 0. The van der Waals surface area contributed by atoms with Gasteiger partial charge in [0.25, 0.3) is 0 Å². The lowest BCUT2D eigenvalue weighted by molar-refractivity contribution is 1.01. The van der Waals surface area contributed by atoms with Crippen LogP contribution in [0.15, 0.2) is 103 Å². The molecule has 5 aromatic rings. The molecule has 7 rings (SSSR count). The molecule has 0 aliphatic heterocycles. The summed E-state index contributed by atoms with van der Waals surface area (Å²) < 4.78 is 0. The van der Waals surface area contributed by atoms with Gasteiger partial charge in [-0.25, -0.2) is 0 Å². The van der Waals surface area contributed by atoms with Crippen LogP contribution in [0.4, 0.5) is 0 Å². The van der Waals surface area contributed by atoms with Gasteiger partial charge in [0.1, 0.15) is 0 Å². The Hall–Kier alpha value is -4.08. The quantitative estimate of drug-likeness (QED) is 0.242. The van der Waals surface area contributed by atoms with E-state index in [-0.39, 0.29) is 0 Å². The van der Waals surface area contributed by atoms with Gasteiger partial charge >= 0.3 is 0 Å². The first-order valence-electron chi connectivity index (χ1n) is 11.7. The molecule has 1 fully saturated rings. The smallest absolute Gasteiger partial charge is 0.0255 e. The van der Waals surface area contributed by atoms with Crippen molar-refractivity contribution in [3.05, 3.63) is 131 Å². The van der Waals surface area contributed by atoms with Gasteiger partial charge in [-0.05, 0) is 92.4 Å². The monoisotopic (exact) mass is 418 g/mol. The van der Waals surface area contributed by atoms with Gasteiger partial charge in [-0.15, -0.1) is 0 Å². The largest absolute Gasteiger partial charge is 0.0616 e. The summed E-state index contributed by atoms with van der Waals surface area (Å²) in [6.45, 7) is 0. The Morgan fingerprint density at radius 1 is 0.545 bits per heavy atom. The molecule has 33 heavy (non-hydrogen) atoms. The van der Waals surface area contributed by atoms with Crippen LogP contribution >= 0.6 is 0 Å². The zero-order valence-corrected chi connectivity index (χ0v) is 18.3. The van der Waals surface area contributed by atoms with Crippen LogP contribution in [-0.2, 0) is 0 Å². The highest BCUT2D eigenvalue weighted by Gasteiger charge is 2.44. The molecule has 0 bridgehead atoms. The Balaban J connectivity index is 1.22. The Morgan fingerprint density at radius 3 is 1.97 bits per heavy atom. The first-order valence-corrected chi connectivity index (χ1v) is 11.7. The molecule has 5 aromatic carbocycles. The lowest BCUT2D eigenvalue weighted by Crippen LogP contribution is -1.99. The summed E-state index contributed by atoms with van der Waals surface area (Å²) >= 11 is 0. The van der Waals surface area contributed by atoms with Crippen LogP contribution in [0.25, 0.3) is 33.2 Å². The van der Waals surface area contributed by atoms with Crippen molar-refractivity contribution in [1.29, 1.82) is 0 Å². The second kappa shape index (κ2) is 7.22. The van der Waals surface area contributed by atoms with Gasteiger partial charge in [-0.2, -0.15) is 0 Å². The number of hydrogen-bond acceptors (Lipinski definition) is 0. The molecule has 0 N–H and O–H groups in total.